The number of carbonyl (C=O) groups is 4. The van der Waals surface area contributed by atoms with Crippen LogP contribution in [0.25, 0.3) is 0 Å². The maximum absolute atomic E-state index is 13.2. The number of carbonyl (C=O) groups excluding carboxylic acids is 3. The van der Waals surface area contributed by atoms with E-state index in [0.29, 0.717) is 5.56 Å². The molecule has 2 atom stereocenters. The van der Waals surface area contributed by atoms with Gasteiger partial charge in [-0.05, 0) is 31.2 Å². The molecule has 3 rings (SSSR count). The molecule has 0 spiro atoms. The monoisotopic (exact) mass is 465 g/mol. The van der Waals surface area contributed by atoms with Gasteiger partial charge in [-0.25, -0.2) is 4.39 Å². The van der Waals surface area contributed by atoms with E-state index in [4.69, 9.17) is 9.84 Å². The highest BCUT2D eigenvalue weighted by Crippen LogP contribution is 2.27. The number of halogens is 1. The van der Waals surface area contributed by atoms with Crippen molar-refractivity contribution in [3.63, 3.8) is 0 Å². The molecule has 2 saturated heterocycles. The second-order valence-electron chi connectivity index (χ2n) is 7.99. The largest absolute Gasteiger partial charge is 0.481 e. The number of hydrazine groups is 1. The molecule has 0 bridgehead atoms. The number of aliphatic carboxylic acids is 1. The Hall–Kier alpha value is -3.09. The first-order chi connectivity index (χ1) is 15.7. The van der Waals surface area contributed by atoms with Crippen molar-refractivity contribution in [1.29, 1.82) is 0 Å². The van der Waals surface area contributed by atoms with Gasteiger partial charge in [0, 0.05) is 26.6 Å². The molecule has 33 heavy (non-hydrogen) atoms. The molecule has 0 aliphatic carbocycles. The van der Waals surface area contributed by atoms with Gasteiger partial charge in [0.25, 0.3) is 11.8 Å². The molecule has 2 aliphatic heterocycles. The van der Waals surface area contributed by atoms with E-state index in [1.54, 1.807) is 24.1 Å². The van der Waals surface area contributed by atoms with Crippen molar-refractivity contribution < 1.29 is 33.4 Å². The molecule has 1 aromatic rings. The quantitative estimate of drug-likeness (QED) is 0.498. The average molecular weight is 465 g/mol. The summed E-state index contributed by atoms with van der Waals surface area (Å²) in [5.41, 5.74) is 0.700. The van der Waals surface area contributed by atoms with E-state index in [-0.39, 0.29) is 57.5 Å². The zero-order valence-electron chi connectivity index (χ0n) is 18.6. The Morgan fingerprint density at radius 3 is 2.58 bits per heavy atom. The Labute approximate surface area is 190 Å². The standard InChI is InChI=1S/C21H28FN5O6/c1-24-12-17(28)27-16(7-8-18(29)30)21(32)25(9-10-33-2)13-26(27)20(24)19(31)23-11-14-3-5-15(22)6-4-14/h3-6,16,20H,7-13H2,1-2H3,(H,23,31)(H,29,30)/t16-,20?/m0/s1. The maximum Gasteiger partial charge on any atom is 0.303 e. The van der Waals surface area contributed by atoms with Crippen LogP contribution in [0.4, 0.5) is 4.39 Å². The molecule has 2 N–H and O–H groups in total. The van der Waals surface area contributed by atoms with Crippen LogP contribution < -0.4 is 5.32 Å². The van der Waals surface area contributed by atoms with E-state index in [9.17, 15) is 23.6 Å². The summed E-state index contributed by atoms with van der Waals surface area (Å²) in [7, 11) is 3.12. The minimum Gasteiger partial charge on any atom is -0.481 e. The summed E-state index contributed by atoms with van der Waals surface area (Å²) in [6.45, 7) is 0.484. The highest BCUT2D eigenvalue weighted by Gasteiger charge is 2.50. The lowest BCUT2D eigenvalue weighted by atomic mass is 10.1. The maximum atomic E-state index is 13.2. The summed E-state index contributed by atoms with van der Waals surface area (Å²) in [5, 5.41) is 14.6. The van der Waals surface area contributed by atoms with Gasteiger partial charge < -0.3 is 20.1 Å². The van der Waals surface area contributed by atoms with Crippen LogP contribution in [0, 0.1) is 5.82 Å². The number of rotatable bonds is 9. The number of ether oxygens (including phenoxy) is 1. The average Bonchev–Trinajstić information content (AvgIpc) is 2.76. The zero-order chi connectivity index (χ0) is 24.1. The molecular weight excluding hydrogens is 437 g/mol. The van der Waals surface area contributed by atoms with E-state index in [2.05, 4.69) is 5.32 Å². The van der Waals surface area contributed by atoms with Gasteiger partial charge in [0.1, 0.15) is 11.9 Å². The highest BCUT2D eigenvalue weighted by atomic mass is 19.1. The number of hydrogen-bond donors (Lipinski definition) is 2. The van der Waals surface area contributed by atoms with E-state index < -0.39 is 30.0 Å². The minimum atomic E-state index is -1.08. The summed E-state index contributed by atoms with van der Waals surface area (Å²) < 4.78 is 18.2. The Kier molecular flexibility index (Phi) is 7.95. The van der Waals surface area contributed by atoms with Gasteiger partial charge in [0.05, 0.1) is 19.8 Å². The van der Waals surface area contributed by atoms with Crippen molar-refractivity contribution in [2.24, 2.45) is 0 Å². The van der Waals surface area contributed by atoms with E-state index >= 15 is 0 Å². The van der Waals surface area contributed by atoms with Crippen LogP contribution in [0.15, 0.2) is 24.3 Å². The van der Waals surface area contributed by atoms with Crippen LogP contribution in [0.2, 0.25) is 0 Å². The van der Waals surface area contributed by atoms with E-state index in [1.807, 2.05) is 0 Å². The van der Waals surface area contributed by atoms with Crippen LogP contribution >= 0.6 is 0 Å². The fourth-order valence-electron chi connectivity index (χ4n) is 4.03. The normalized spacial score (nSPS) is 21.8. The first-order valence-electron chi connectivity index (χ1n) is 10.5. The predicted octanol–water partition coefficient (Wildman–Crippen LogP) is -0.561. The molecule has 0 saturated carbocycles. The number of hydrogen-bond acceptors (Lipinski definition) is 7. The number of likely N-dealkylation sites (N-methyl/N-ethyl adjacent to an activating group) is 1. The van der Waals surface area contributed by atoms with Crippen molar-refractivity contribution in [1.82, 2.24) is 25.1 Å². The Balaban J connectivity index is 1.83. The summed E-state index contributed by atoms with van der Waals surface area (Å²) in [6.07, 6.45) is -1.29. The van der Waals surface area contributed by atoms with Crippen LogP contribution in [-0.4, -0.2) is 101 Å². The lowest BCUT2D eigenvalue weighted by molar-refractivity contribution is -0.220. The molecule has 12 heteroatoms. The molecule has 1 aromatic carbocycles. The topological polar surface area (TPSA) is 123 Å². The first kappa shape index (κ1) is 24.6. The highest BCUT2D eigenvalue weighted by molar-refractivity contribution is 5.92. The molecule has 2 heterocycles. The number of amides is 3. The molecule has 11 nitrogen and oxygen atoms in total. The van der Waals surface area contributed by atoms with E-state index in [0.717, 1.165) is 0 Å². The van der Waals surface area contributed by atoms with Gasteiger partial charge in [-0.2, -0.15) is 5.01 Å². The van der Waals surface area contributed by atoms with Gasteiger partial charge in [-0.15, -0.1) is 0 Å². The van der Waals surface area contributed by atoms with Gasteiger partial charge in [-0.1, -0.05) is 12.1 Å². The summed E-state index contributed by atoms with van der Waals surface area (Å²) in [6, 6.07) is 4.69. The number of benzene rings is 1. The van der Waals surface area contributed by atoms with Crippen LogP contribution in [0.5, 0.6) is 0 Å². The summed E-state index contributed by atoms with van der Waals surface area (Å²) in [5.74, 6) is -2.65. The second-order valence-corrected chi connectivity index (χ2v) is 7.99. The van der Waals surface area contributed by atoms with Gasteiger partial charge in [-0.3, -0.25) is 29.1 Å². The van der Waals surface area contributed by atoms with Crippen molar-refractivity contribution >= 4 is 23.7 Å². The Bertz CT molecular complexity index is 898. The lowest BCUT2D eigenvalue weighted by Crippen LogP contribution is -2.76. The third-order valence-corrected chi connectivity index (χ3v) is 5.64. The van der Waals surface area contributed by atoms with Gasteiger partial charge in [0.2, 0.25) is 5.91 Å². The van der Waals surface area contributed by atoms with Crippen LogP contribution in [0.3, 0.4) is 0 Å². The minimum absolute atomic E-state index is 0.0313. The third kappa shape index (κ3) is 5.64. The van der Waals surface area contributed by atoms with Crippen LogP contribution in [-0.2, 0) is 30.5 Å². The Morgan fingerprint density at radius 1 is 1.24 bits per heavy atom. The van der Waals surface area contributed by atoms with Crippen molar-refractivity contribution in [3.05, 3.63) is 35.6 Å². The number of carboxylic acid groups (broad SMARTS) is 1. The van der Waals surface area contributed by atoms with E-state index in [1.165, 1.54) is 34.2 Å². The van der Waals surface area contributed by atoms with Crippen molar-refractivity contribution in [2.75, 3.05) is 40.5 Å². The second kappa shape index (κ2) is 10.7. The molecular formula is C21H28FN5O6. The number of nitrogens with one attached hydrogen (secondary N) is 1. The molecule has 0 radical (unpaired) electrons. The molecule has 180 valence electrons. The Morgan fingerprint density at radius 2 is 1.94 bits per heavy atom. The number of nitrogens with zero attached hydrogens (tertiary/aromatic N) is 4. The molecule has 0 aromatic heterocycles. The predicted molar refractivity (Wildman–Crippen MR) is 112 cm³/mol. The zero-order valence-corrected chi connectivity index (χ0v) is 18.6. The number of fused-ring (bicyclic) bond motifs is 1. The van der Waals surface area contributed by atoms with Gasteiger partial charge >= 0.3 is 5.97 Å². The smallest absolute Gasteiger partial charge is 0.303 e. The van der Waals surface area contributed by atoms with Crippen molar-refractivity contribution in [3.8, 4) is 0 Å². The lowest BCUT2D eigenvalue weighted by Gasteiger charge is -2.54. The van der Waals surface area contributed by atoms with Crippen LogP contribution in [0.1, 0.15) is 18.4 Å². The third-order valence-electron chi connectivity index (χ3n) is 5.64. The van der Waals surface area contributed by atoms with Gasteiger partial charge in [0.15, 0.2) is 6.17 Å². The SMILES string of the molecule is COCCN1CN2C(C(=O)NCc3ccc(F)cc3)N(C)CC(=O)N2[C@@H](CCC(=O)O)C1=O. The fourth-order valence-corrected chi connectivity index (χ4v) is 4.03. The molecule has 2 fully saturated rings. The summed E-state index contributed by atoms with van der Waals surface area (Å²) >= 11 is 0. The summed E-state index contributed by atoms with van der Waals surface area (Å²) in [4.78, 5) is 53.3. The van der Waals surface area contributed by atoms with Crippen molar-refractivity contribution in [2.45, 2.75) is 31.6 Å². The fraction of sp³-hybridized carbons (Fsp3) is 0.524. The molecule has 3 amide bonds. The number of methoxy groups -OCH3 is 1. The number of carboxylic acids is 1. The first-order valence-corrected chi connectivity index (χ1v) is 10.5. The molecule has 1 unspecified atom stereocenters. The molecule has 2 aliphatic rings.